The molecule has 0 aliphatic heterocycles. The van der Waals surface area contributed by atoms with Crippen molar-refractivity contribution in [3.8, 4) is 17.7 Å². The number of carbonyl (C=O) groups is 1. The molecule has 0 atom stereocenters. The van der Waals surface area contributed by atoms with Crippen LogP contribution in [0.4, 0.5) is 0 Å². The van der Waals surface area contributed by atoms with E-state index in [0.29, 0.717) is 31.0 Å². The summed E-state index contributed by atoms with van der Waals surface area (Å²) in [6.45, 7) is 8.56. The molecule has 3 aromatic rings. The van der Waals surface area contributed by atoms with Crippen molar-refractivity contribution in [1.82, 2.24) is 14.7 Å². The number of benzene rings is 1. The van der Waals surface area contributed by atoms with Crippen molar-refractivity contribution in [1.29, 1.82) is 5.26 Å². The van der Waals surface area contributed by atoms with Crippen molar-refractivity contribution in [2.24, 2.45) is 0 Å². The summed E-state index contributed by atoms with van der Waals surface area (Å²) in [6, 6.07) is 12.6. The van der Waals surface area contributed by atoms with Crippen LogP contribution < -0.4 is 15.6 Å². The van der Waals surface area contributed by atoms with Gasteiger partial charge >= 0.3 is 0 Å². The predicted octanol–water partition coefficient (Wildman–Crippen LogP) is 3.94. The van der Waals surface area contributed by atoms with E-state index in [2.05, 4.69) is 10.3 Å². The Morgan fingerprint density at radius 2 is 2.03 bits per heavy atom. The Labute approximate surface area is 198 Å². The lowest BCUT2D eigenvalue weighted by molar-refractivity contribution is -0.117. The Bertz CT molecular complexity index is 1320. The first kappa shape index (κ1) is 24.7. The molecule has 0 unspecified atom stereocenters. The number of hydrogen-bond donors (Lipinski definition) is 1. The number of aryl methyl sites for hydroxylation is 1. The first-order valence-electron chi connectivity index (χ1n) is 11.1. The normalized spacial score (nSPS) is 11.5. The summed E-state index contributed by atoms with van der Waals surface area (Å²) in [7, 11) is 0. The molecule has 0 fully saturated rings. The third-order valence-electron chi connectivity index (χ3n) is 5.21. The van der Waals surface area contributed by atoms with E-state index in [4.69, 9.17) is 9.47 Å². The molecule has 1 amide bonds. The quantitative estimate of drug-likeness (QED) is 0.295. The number of ether oxygens (including phenoxy) is 2. The van der Waals surface area contributed by atoms with Crippen LogP contribution in [0.2, 0.25) is 0 Å². The number of amides is 1. The van der Waals surface area contributed by atoms with E-state index < -0.39 is 11.5 Å². The monoisotopic (exact) mass is 460 g/mol. The van der Waals surface area contributed by atoms with Gasteiger partial charge < -0.3 is 14.8 Å². The van der Waals surface area contributed by atoms with Crippen LogP contribution in [0.3, 0.4) is 0 Å². The Morgan fingerprint density at radius 1 is 1.24 bits per heavy atom. The standard InChI is InChI=1S/C26H28N4O4/c1-17(2)33-14-8-12-28-24(31)20(16-27)15-21-25(34-22-10-7-9-18(3)19(22)4)29-23-11-5-6-13-30(23)26(21)32/h5-7,9-11,13,15,17H,8,12,14H2,1-4H3,(H,28,31)/b20-15+. The molecule has 2 aromatic heterocycles. The maximum absolute atomic E-state index is 13.3. The number of aromatic nitrogens is 2. The Morgan fingerprint density at radius 3 is 2.76 bits per heavy atom. The number of nitriles is 1. The summed E-state index contributed by atoms with van der Waals surface area (Å²) >= 11 is 0. The largest absolute Gasteiger partial charge is 0.438 e. The first-order valence-corrected chi connectivity index (χ1v) is 11.1. The number of nitrogens with one attached hydrogen (secondary N) is 1. The molecule has 1 aromatic carbocycles. The summed E-state index contributed by atoms with van der Waals surface area (Å²) in [5.74, 6) is -0.0204. The molecule has 2 heterocycles. The molecule has 0 saturated carbocycles. The Kier molecular flexibility index (Phi) is 8.17. The smallest absolute Gasteiger partial charge is 0.269 e. The lowest BCUT2D eigenvalue weighted by atomic mass is 10.1. The third-order valence-corrected chi connectivity index (χ3v) is 5.21. The lowest BCUT2D eigenvalue weighted by Gasteiger charge is -2.13. The fraction of sp³-hybridized carbons (Fsp3) is 0.308. The molecular weight excluding hydrogens is 432 g/mol. The van der Waals surface area contributed by atoms with E-state index in [1.165, 1.54) is 10.5 Å². The molecule has 0 bridgehead atoms. The van der Waals surface area contributed by atoms with Gasteiger partial charge in [-0.2, -0.15) is 10.2 Å². The summed E-state index contributed by atoms with van der Waals surface area (Å²) in [5, 5.41) is 12.3. The average Bonchev–Trinajstić information content (AvgIpc) is 2.81. The van der Waals surface area contributed by atoms with Gasteiger partial charge in [0.05, 0.1) is 6.10 Å². The fourth-order valence-electron chi connectivity index (χ4n) is 3.20. The zero-order chi connectivity index (χ0) is 24.7. The SMILES string of the molecule is Cc1cccc(Oc2nc3ccccn3c(=O)c2/C=C(\C#N)C(=O)NCCCOC(C)C)c1C. The van der Waals surface area contributed by atoms with Crippen LogP contribution in [0.25, 0.3) is 11.7 Å². The van der Waals surface area contributed by atoms with E-state index in [1.54, 1.807) is 30.5 Å². The summed E-state index contributed by atoms with van der Waals surface area (Å²) in [6.07, 6.45) is 3.51. The second kappa shape index (κ2) is 11.3. The van der Waals surface area contributed by atoms with Crippen LogP contribution in [0.5, 0.6) is 11.6 Å². The van der Waals surface area contributed by atoms with Crippen LogP contribution in [-0.4, -0.2) is 34.5 Å². The van der Waals surface area contributed by atoms with E-state index in [0.717, 1.165) is 11.1 Å². The highest BCUT2D eigenvalue weighted by Crippen LogP contribution is 2.28. The van der Waals surface area contributed by atoms with E-state index in [9.17, 15) is 14.9 Å². The van der Waals surface area contributed by atoms with Crippen LogP contribution in [0, 0.1) is 25.2 Å². The molecular formula is C26H28N4O4. The summed E-state index contributed by atoms with van der Waals surface area (Å²) < 4.78 is 12.8. The minimum Gasteiger partial charge on any atom is -0.438 e. The van der Waals surface area contributed by atoms with Gasteiger partial charge in [0.1, 0.15) is 28.6 Å². The van der Waals surface area contributed by atoms with Gasteiger partial charge in [0.2, 0.25) is 5.88 Å². The number of fused-ring (bicyclic) bond motifs is 1. The van der Waals surface area contributed by atoms with Crippen molar-refractivity contribution in [2.75, 3.05) is 13.2 Å². The van der Waals surface area contributed by atoms with Gasteiger partial charge in [-0.1, -0.05) is 18.2 Å². The van der Waals surface area contributed by atoms with Gasteiger partial charge in [-0.05, 0) is 69.5 Å². The third kappa shape index (κ3) is 5.88. The summed E-state index contributed by atoms with van der Waals surface area (Å²) in [4.78, 5) is 30.4. The van der Waals surface area contributed by atoms with E-state index in [-0.39, 0.29) is 23.1 Å². The van der Waals surface area contributed by atoms with Gasteiger partial charge in [-0.3, -0.25) is 14.0 Å². The zero-order valence-electron chi connectivity index (χ0n) is 19.8. The van der Waals surface area contributed by atoms with Crippen LogP contribution in [0.15, 0.2) is 53.0 Å². The van der Waals surface area contributed by atoms with E-state index >= 15 is 0 Å². The highest BCUT2D eigenvalue weighted by atomic mass is 16.5. The van der Waals surface area contributed by atoms with Crippen LogP contribution in [-0.2, 0) is 9.53 Å². The maximum Gasteiger partial charge on any atom is 0.269 e. The van der Waals surface area contributed by atoms with Crippen LogP contribution >= 0.6 is 0 Å². The van der Waals surface area contributed by atoms with Crippen molar-refractivity contribution in [2.45, 2.75) is 40.2 Å². The molecule has 8 heteroatoms. The second-order valence-corrected chi connectivity index (χ2v) is 8.06. The van der Waals surface area contributed by atoms with Gasteiger partial charge in [0.25, 0.3) is 11.5 Å². The highest BCUT2D eigenvalue weighted by molar-refractivity contribution is 6.01. The first-order chi connectivity index (χ1) is 16.3. The fourth-order valence-corrected chi connectivity index (χ4v) is 3.20. The maximum atomic E-state index is 13.3. The number of pyridine rings is 1. The summed E-state index contributed by atoms with van der Waals surface area (Å²) in [5.41, 5.74) is 1.65. The van der Waals surface area contributed by atoms with Gasteiger partial charge in [-0.15, -0.1) is 0 Å². The second-order valence-electron chi connectivity index (χ2n) is 8.06. The van der Waals surface area contributed by atoms with E-state index in [1.807, 2.05) is 45.9 Å². The molecule has 0 aliphatic rings. The minimum atomic E-state index is -0.581. The Balaban J connectivity index is 1.98. The number of nitrogens with zero attached hydrogens (tertiary/aromatic N) is 3. The molecule has 0 radical (unpaired) electrons. The zero-order valence-corrected chi connectivity index (χ0v) is 19.8. The van der Waals surface area contributed by atoms with Gasteiger partial charge in [0, 0.05) is 19.3 Å². The molecule has 8 nitrogen and oxygen atoms in total. The van der Waals surface area contributed by atoms with Crippen molar-refractivity contribution >= 4 is 17.6 Å². The van der Waals surface area contributed by atoms with Crippen molar-refractivity contribution in [3.63, 3.8) is 0 Å². The topological polar surface area (TPSA) is 106 Å². The predicted molar refractivity (Wildman–Crippen MR) is 130 cm³/mol. The number of hydrogen-bond acceptors (Lipinski definition) is 6. The molecule has 176 valence electrons. The number of carbonyl (C=O) groups excluding carboxylic acids is 1. The molecule has 0 saturated heterocycles. The van der Waals surface area contributed by atoms with Crippen LogP contribution in [0.1, 0.15) is 37.0 Å². The Hall–Kier alpha value is -3.96. The van der Waals surface area contributed by atoms with Crippen molar-refractivity contribution in [3.05, 3.63) is 75.2 Å². The average molecular weight is 461 g/mol. The van der Waals surface area contributed by atoms with Crippen molar-refractivity contribution < 1.29 is 14.3 Å². The molecule has 0 aliphatic carbocycles. The minimum absolute atomic E-state index is 0.0134. The lowest BCUT2D eigenvalue weighted by Crippen LogP contribution is -2.27. The van der Waals surface area contributed by atoms with Gasteiger partial charge in [0.15, 0.2) is 0 Å². The molecule has 3 rings (SSSR count). The highest BCUT2D eigenvalue weighted by Gasteiger charge is 2.18. The molecule has 1 N–H and O–H groups in total. The molecule has 34 heavy (non-hydrogen) atoms. The van der Waals surface area contributed by atoms with Gasteiger partial charge in [-0.25, -0.2) is 0 Å². The molecule has 0 spiro atoms. The number of rotatable bonds is 9.